The molecule has 0 N–H and O–H groups in total. The Balaban J connectivity index is 1.66. The van der Waals surface area contributed by atoms with Gasteiger partial charge in [0.15, 0.2) is 16.9 Å². The molecule has 6 nitrogen and oxygen atoms in total. The summed E-state index contributed by atoms with van der Waals surface area (Å²) in [4.78, 5) is 29.3. The number of carbonyl (C=O) groups excluding carboxylic acids is 1. The highest BCUT2D eigenvalue weighted by molar-refractivity contribution is 9.10. The molecular formula is C30H28BrNO5. The molecule has 1 aliphatic heterocycles. The van der Waals surface area contributed by atoms with Crippen LogP contribution in [0.1, 0.15) is 58.6 Å². The van der Waals surface area contributed by atoms with Gasteiger partial charge in [-0.1, -0.05) is 65.2 Å². The van der Waals surface area contributed by atoms with Crippen LogP contribution in [-0.2, 0) is 6.54 Å². The highest BCUT2D eigenvalue weighted by Crippen LogP contribution is 2.42. The Morgan fingerprint density at radius 3 is 2.51 bits per heavy atom. The lowest BCUT2D eigenvalue weighted by atomic mass is 9.97. The van der Waals surface area contributed by atoms with E-state index in [1.807, 2.05) is 49.4 Å². The van der Waals surface area contributed by atoms with Crippen LogP contribution in [0.15, 0.2) is 74.3 Å². The first-order valence-electron chi connectivity index (χ1n) is 12.3. The fraction of sp³-hybridized carbons (Fsp3) is 0.267. The Morgan fingerprint density at radius 1 is 1.00 bits per heavy atom. The number of nitrogens with zero attached hydrogens (tertiary/aromatic N) is 1. The van der Waals surface area contributed by atoms with E-state index in [0.717, 1.165) is 34.0 Å². The summed E-state index contributed by atoms with van der Waals surface area (Å²) in [5, 5.41) is 0.426. The zero-order chi connectivity index (χ0) is 26.1. The smallest absolute Gasteiger partial charge is 0.291 e. The summed E-state index contributed by atoms with van der Waals surface area (Å²) in [5.74, 6) is 0.949. The van der Waals surface area contributed by atoms with Crippen molar-refractivity contribution in [3.05, 3.63) is 103 Å². The van der Waals surface area contributed by atoms with Crippen molar-refractivity contribution in [1.82, 2.24) is 4.90 Å². The lowest BCUT2D eigenvalue weighted by Gasteiger charge is -2.26. The molecule has 4 aromatic rings. The van der Waals surface area contributed by atoms with Crippen LogP contribution < -0.4 is 14.9 Å². The number of aryl methyl sites for hydroxylation is 1. The molecule has 7 heteroatoms. The van der Waals surface area contributed by atoms with Crippen molar-refractivity contribution in [1.29, 1.82) is 0 Å². The number of fused-ring (bicyclic) bond motifs is 2. The van der Waals surface area contributed by atoms with Gasteiger partial charge in [-0.25, -0.2) is 0 Å². The second-order valence-corrected chi connectivity index (χ2v) is 10.2. The monoisotopic (exact) mass is 561 g/mol. The van der Waals surface area contributed by atoms with Crippen molar-refractivity contribution in [2.24, 2.45) is 0 Å². The predicted molar refractivity (Wildman–Crippen MR) is 146 cm³/mol. The second-order valence-electron chi connectivity index (χ2n) is 9.25. The lowest BCUT2D eigenvalue weighted by molar-refractivity contribution is 0.0714. The zero-order valence-electron chi connectivity index (χ0n) is 21.0. The summed E-state index contributed by atoms with van der Waals surface area (Å²) >= 11 is 3.45. The Hall–Kier alpha value is -3.58. The molecule has 37 heavy (non-hydrogen) atoms. The van der Waals surface area contributed by atoms with Crippen molar-refractivity contribution in [3.63, 3.8) is 0 Å². The summed E-state index contributed by atoms with van der Waals surface area (Å²) in [6.45, 7) is 5.03. The van der Waals surface area contributed by atoms with Gasteiger partial charge in [0, 0.05) is 11.0 Å². The van der Waals surface area contributed by atoms with Gasteiger partial charge in [-0.15, -0.1) is 0 Å². The first-order chi connectivity index (χ1) is 17.9. The molecule has 5 rings (SSSR count). The number of amides is 1. The molecule has 0 bridgehead atoms. The van der Waals surface area contributed by atoms with Crippen molar-refractivity contribution in [2.75, 3.05) is 13.7 Å². The van der Waals surface area contributed by atoms with Crippen LogP contribution in [0, 0.1) is 6.92 Å². The number of methoxy groups -OCH3 is 1. The van der Waals surface area contributed by atoms with Crippen LogP contribution >= 0.6 is 15.9 Å². The third-order valence-electron chi connectivity index (χ3n) is 6.66. The molecule has 1 unspecified atom stereocenters. The summed E-state index contributed by atoms with van der Waals surface area (Å²) in [6.07, 6.45) is 1.96. The molecule has 1 aliphatic rings. The fourth-order valence-electron chi connectivity index (χ4n) is 4.69. The minimum atomic E-state index is -0.637. The number of unbranched alkanes of at least 4 members (excludes halogenated alkanes) is 1. The highest BCUT2D eigenvalue weighted by atomic mass is 79.9. The van der Waals surface area contributed by atoms with Gasteiger partial charge in [0.25, 0.3) is 5.91 Å². The maximum Gasteiger partial charge on any atom is 0.291 e. The van der Waals surface area contributed by atoms with Crippen molar-refractivity contribution in [2.45, 2.75) is 39.3 Å². The highest BCUT2D eigenvalue weighted by Gasteiger charge is 2.43. The number of carbonyl (C=O) groups is 1. The molecule has 1 amide bonds. The van der Waals surface area contributed by atoms with Gasteiger partial charge >= 0.3 is 0 Å². The Morgan fingerprint density at radius 2 is 1.78 bits per heavy atom. The minimum Gasteiger partial charge on any atom is -0.493 e. The molecule has 1 aromatic heterocycles. The predicted octanol–water partition coefficient (Wildman–Crippen LogP) is 6.80. The maximum absolute atomic E-state index is 13.8. The van der Waals surface area contributed by atoms with Crippen molar-refractivity contribution in [3.8, 4) is 11.5 Å². The number of rotatable bonds is 8. The second kappa shape index (κ2) is 10.4. The normalized spacial score (nSPS) is 14.8. The average Bonchev–Trinajstić information content (AvgIpc) is 3.17. The Kier molecular flexibility index (Phi) is 7.07. The molecule has 190 valence electrons. The molecule has 0 saturated heterocycles. The van der Waals surface area contributed by atoms with Crippen LogP contribution in [0.2, 0.25) is 0 Å². The van der Waals surface area contributed by atoms with E-state index >= 15 is 0 Å². The van der Waals surface area contributed by atoms with Gasteiger partial charge in [-0.3, -0.25) is 9.59 Å². The average molecular weight is 562 g/mol. The molecule has 2 heterocycles. The minimum absolute atomic E-state index is 0.0826. The Labute approximate surface area is 223 Å². The van der Waals surface area contributed by atoms with Crippen LogP contribution in [-0.4, -0.2) is 24.5 Å². The van der Waals surface area contributed by atoms with Crippen LogP contribution in [0.25, 0.3) is 11.0 Å². The van der Waals surface area contributed by atoms with E-state index in [9.17, 15) is 9.59 Å². The molecular weight excluding hydrogens is 534 g/mol. The summed E-state index contributed by atoms with van der Waals surface area (Å²) in [7, 11) is 1.59. The number of halogens is 1. The zero-order valence-corrected chi connectivity index (χ0v) is 22.6. The van der Waals surface area contributed by atoms with E-state index in [1.165, 1.54) is 0 Å². The number of ether oxygens (including phenoxy) is 2. The topological polar surface area (TPSA) is 69.0 Å². The first kappa shape index (κ1) is 25.1. The molecule has 0 fully saturated rings. The van der Waals surface area contributed by atoms with Gasteiger partial charge in [-0.05, 0) is 54.8 Å². The summed E-state index contributed by atoms with van der Waals surface area (Å²) < 4.78 is 18.4. The molecule has 3 aromatic carbocycles. The van der Waals surface area contributed by atoms with Crippen molar-refractivity contribution >= 4 is 32.8 Å². The van der Waals surface area contributed by atoms with E-state index in [4.69, 9.17) is 13.9 Å². The van der Waals surface area contributed by atoms with Crippen LogP contribution in [0.4, 0.5) is 0 Å². The molecule has 1 atom stereocenters. The van der Waals surface area contributed by atoms with E-state index in [-0.39, 0.29) is 17.1 Å². The summed E-state index contributed by atoms with van der Waals surface area (Å²) in [5.41, 5.74) is 3.35. The largest absolute Gasteiger partial charge is 0.493 e. The van der Waals surface area contributed by atoms with Gasteiger partial charge in [0.05, 0.1) is 30.7 Å². The quantitative estimate of drug-likeness (QED) is 0.221. The third-order valence-corrected chi connectivity index (χ3v) is 7.15. The molecule has 0 radical (unpaired) electrons. The van der Waals surface area contributed by atoms with Crippen molar-refractivity contribution < 1.29 is 18.7 Å². The van der Waals surface area contributed by atoms with Gasteiger partial charge in [-0.2, -0.15) is 0 Å². The lowest BCUT2D eigenvalue weighted by Crippen LogP contribution is -2.29. The van der Waals surface area contributed by atoms with Gasteiger partial charge in [0.1, 0.15) is 5.58 Å². The first-order valence-corrected chi connectivity index (χ1v) is 13.1. The summed E-state index contributed by atoms with van der Waals surface area (Å²) in [6, 6.07) is 18.2. The molecule has 0 saturated carbocycles. The standard InChI is InChI=1S/C30H28BrNO5/c1-4-5-14-36-24-12-10-20(15-25(24)35-3)27-26-28(33)22-16-21(31)11-13-23(22)37-29(26)30(34)32(27)17-19-8-6-18(2)7-9-19/h6-13,15-16,27H,4-5,14,17H2,1-3H3. The maximum atomic E-state index is 13.8. The van der Waals surface area contributed by atoms with Crippen LogP contribution in [0.3, 0.4) is 0 Å². The number of hydrogen-bond acceptors (Lipinski definition) is 5. The molecule has 0 spiro atoms. The molecule has 0 aliphatic carbocycles. The van der Waals surface area contributed by atoms with Crippen LogP contribution in [0.5, 0.6) is 11.5 Å². The fourth-order valence-corrected chi connectivity index (χ4v) is 5.05. The van der Waals surface area contributed by atoms with E-state index in [1.54, 1.807) is 30.2 Å². The van der Waals surface area contributed by atoms with Gasteiger partial charge < -0.3 is 18.8 Å². The number of benzene rings is 3. The van der Waals surface area contributed by atoms with E-state index < -0.39 is 6.04 Å². The SMILES string of the molecule is CCCCOc1ccc(C2c3c(oc4ccc(Br)cc4c3=O)C(=O)N2Cc2ccc(C)cc2)cc1OC. The van der Waals surface area contributed by atoms with Gasteiger partial charge in [0.2, 0.25) is 5.76 Å². The number of hydrogen-bond donors (Lipinski definition) is 0. The van der Waals surface area contributed by atoms with E-state index in [0.29, 0.717) is 41.2 Å². The Bertz CT molecular complexity index is 1530. The third kappa shape index (κ3) is 4.76. The van der Waals surface area contributed by atoms with E-state index in [2.05, 4.69) is 22.9 Å².